The summed E-state index contributed by atoms with van der Waals surface area (Å²) in [6.45, 7) is -0.788. The number of nitrogens with zero attached hydrogens (tertiary/aromatic N) is 1. The summed E-state index contributed by atoms with van der Waals surface area (Å²) in [4.78, 5) is 13.9. The van der Waals surface area contributed by atoms with E-state index in [1.54, 1.807) is 0 Å². The van der Waals surface area contributed by atoms with Crippen molar-refractivity contribution in [3.63, 3.8) is 0 Å². The molecule has 0 aromatic carbocycles. The molecule has 0 aliphatic heterocycles. The van der Waals surface area contributed by atoms with Gasteiger partial charge in [-0.25, -0.2) is 0 Å². The number of aliphatic hydroxyl groups excluding tert-OH is 3. The van der Waals surface area contributed by atoms with Crippen molar-refractivity contribution in [1.29, 1.82) is 0 Å². The van der Waals surface area contributed by atoms with Crippen LogP contribution in [0.4, 0.5) is 0 Å². The third-order valence-electron chi connectivity index (χ3n) is 2.23. The molecule has 0 aliphatic carbocycles. The largest absolute Gasteiger partial charge is 0.480 e. The number of aliphatic imine (C=N–C) groups is 1. The lowest BCUT2D eigenvalue weighted by Crippen LogP contribution is -2.50. The van der Waals surface area contributed by atoms with Crippen LogP contribution in [0, 0.1) is 0 Å². The van der Waals surface area contributed by atoms with Crippen LogP contribution < -0.4 is 22.9 Å². The molecule has 0 heterocycles. The van der Waals surface area contributed by atoms with Gasteiger partial charge in [-0.2, -0.15) is 0 Å². The van der Waals surface area contributed by atoms with Crippen LogP contribution >= 0.6 is 0 Å². The van der Waals surface area contributed by atoms with Gasteiger partial charge in [0.05, 0.1) is 25.4 Å². The molecular weight excluding hydrogens is 270 g/mol. The Morgan fingerprint density at radius 2 is 1.60 bits per heavy atom. The van der Waals surface area contributed by atoms with Crippen molar-refractivity contribution in [3.05, 3.63) is 0 Å². The molecule has 0 aliphatic rings. The number of aliphatic carboxylic acids is 1. The molecule has 0 rings (SSSR count). The first-order valence-corrected chi connectivity index (χ1v) is 5.87. The Hall–Kier alpha value is -1.46. The third-order valence-corrected chi connectivity index (χ3v) is 2.23. The molecule has 0 saturated carbocycles. The average molecular weight is 295 g/mol. The summed E-state index contributed by atoms with van der Waals surface area (Å²) in [7, 11) is 0. The van der Waals surface area contributed by atoms with Gasteiger partial charge in [0.1, 0.15) is 6.04 Å². The molecule has 12 N–H and O–H groups in total. The molecule has 0 fully saturated rings. The van der Waals surface area contributed by atoms with Crippen LogP contribution in [0.25, 0.3) is 0 Å². The molecule has 0 spiro atoms. The number of nitrogens with two attached hydrogens (primary N) is 4. The standard InChI is InChI=1S/C6H14N4O2.C4H11NO3/c7-4(5(11)12)2-1-3-10-6(8)9;5-4(1-6,2-7)3-8/h4H,1-3,7H2,(H,11,12)(H4,8,9,10);6-8H,1-3,5H2. The highest BCUT2D eigenvalue weighted by molar-refractivity contribution is 5.75. The first-order valence-electron chi connectivity index (χ1n) is 5.87. The number of carboxylic acid groups (broad SMARTS) is 1. The van der Waals surface area contributed by atoms with Gasteiger partial charge in [-0.15, -0.1) is 0 Å². The van der Waals surface area contributed by atoms with Crippen LogP contribution in [0.1, 0.15) is 12.8 Å². The maximum atomic E-state index is 10.2. The predicted octanol–water partition coefficient (Wildman–Crippen LogP) is -3.89. The molecule has 0 saturated heterocycles. The summed E-state index contributed by atoms with van der Waals surface area (Å²) in [5, 5.41) is 33.4. The second-order valence-electron chi connectivity index (χ2n) is 4.23. The minimum Gasteiger partial charge on any atom is -0.480 e. The predicted molar refractivity (Wildman–Crippen MR) is 73.7 cm³/mol. The smallest absolute Gasteiger partial charge is 0.320 e. The highest BCUT2D eigenvalue weighted by Crippen LogP contribution is 1.94. The molecular formula is C10H25N5O5. The van der Waals surface area contributed by atoms with Gasteiger partial charge < -0.3 is 43.4 Å². The van der Waals surface area contributed by atoms with E-state index in [-0.39, 0.29) is 5.96 Å². The van der Waals surface area contributed by atoms with Gasteiger partial charge >= 0.3 is 5.97 Å². The van der Waals surface area contributed by atoms with Crippen molar-refractivity contribution in [1.82, 2.24) is 0 Å². The summed E-state index contributed by atoms with van der Waals surface area (Å²) in [6.07, 6.45) is 0.956. The van der Waals surface area contributed by atoms with Gasteiger partial charge in [0.25, 0.3) is 0 Å². The molecule has 120 valence electrons. The maximum absolute atomic E-state index is 10.2. The van der Waals surface area contributed by atoms with Gasteiger partial charge in [-0.05, 0) is 12.8 Å². The minimum atomic E-state index is -1.21. The lowest BCUT2D eigenvalue weighted by Gasteiger charge is -2.20. The van der Waals surface area contributed by atoms with Gasteiger partial charge in [0, 0.05) is 6.54 Å². The number of rotatable bonds is 8. The average Bonchev–Trinajstić information content (AvgIpc) is 2.42. The summed E-state index contributed by atoms with van der Waals surface area (Å²) in [5.41, 5.74) is 19.3. The summed E-state index contributed by atoms with van der Waals surface area (Å²) in [6, 6.07) is -0.820. The number of aliphatic hydroxyl groups is 3. The fourth-order valence-electron chi connectivity index (χ4n) is 0.793. The maximum Gasteiger partial charge on any atom is 0.320 e. The summed E-state index contributed by atoms with van der Waals surface area (Å²) >= 11 is 0. The Bertz CT molecular complexity index is 283. The van der Waals surface area contributed by atoms with Crippen molar-refractivity contribution in [2.24, 2.45) is 27.9 Å². The molecule has 20 heavy (non-hydrogen) atoms. The third kappa shape index (κ3) is 11.6. The molecule has 0 aromatic rings. The molecule has 10 nitrogen and oxygen atoms in total. The van der Waals surface area contributed by atoms with E-state index >= 15 is 0 Å². The number of hydrogen-bond donors (Lipinski definition) is 8. The Morgan fingerprint density at radius 1 is 1.15 bits per heavy atom. The summed E-state index contributed by atoms with van der Waals surface area (Å²) < 4.78 is 0. The zero-order chi connectivity index (χ0) is 16.2. The molecule has 0 amide bonds. The Labute approximate surface area is 117 Å². The lowest BCUT2D eigenvalue weighted by molar-refractivity contribution is -0.138. The van der Waals surface area contributed by atoms with Gasteiger partial charge in [-0.3, -0.25) is 9.79 Å². The van der Waals surface area contributed by atoms with Crippen LogP contribution in [-0.4, -0.2) is 70.3 Å². The lowest BCUT2D eigenvalue weighted by atomic mass is 10.1. The topological polar surface area (TPSA) is 214 Å². The summed E-state index contributed by atoms with van der Waals surface area (Å²) in [5.74, 6) is -0.987. The van der Waals surface area contributed by atoms with Gasteiger partial charge in [0.15, 0.2) is 5.96 Å². The van der Waals surface area contributed by atoms with Gasteiger partial charge in [0.2, 0.25) is 0 Å². The van der Waals surface area contributed by atoms with Gasteiger partial charge in [-0.1, -0.05) is 0 Å². The van der Waals surface area contributed by atoms with Crippen molar-refractivity contribution < 1.29 is 25.2 Å². The number of guanidine groups is 1. The van der Waals surface area contributed by atoms with Crippen molar-refractivity contribution >= 4 is 11.9 Å². The van der Waals surface area contributed by atoms with Crippen LogP contribution in [-0.2, 0) is 4.79 Å². The van der Waals surface area contributed by atoms with Crippen molar-refractivity contribution in [2.75, 3.05) is 26.4 Å². The van der Waals surface area contributed by atoms with Crippen molar-refractivity contribution in [2.45, 2.75) is 24.4 Å². The normalized spacial score (nSPS) is 12.1. The van der Waals surface area contributed by atoms with E-state index in [1.807, 2.05) is 0 Å². The van der Waals surface area contributed by atoms with E-state index in [2.05, 4.69) is 4.99 Å². The van der Waals surface area contributed by atoms with Crippen LogP contribution in [0.2, 0.25) is 0 Å². The molecule has 0 aromatic heterocycles. The Balaban J connectivity index is 0. The van der Waals surface area contributed by atoms with E-state index in [0.29, 0.717) is 19.4 Å². The zero-order valence-corrected chi connectivity index (χ0v) is 11.3. The first-order chi connectivity index (χ1) is 9.22. The van der Waals surface area contributed by atoms with E-state index in [9.17, 15) is 4.79 Å². The second kappa shape index (κ2) is 11.4. The van der Waals surface area contributed by atoms with Crippen LogP contribution in [0.15, 0.2) is 4.99 Å². The second-order valence-corrected chi connectivity index (χ2v) is 4.23. The number of carbonyl (C=O) groups is 1. The van der Waals surface area contributed by atoms with E-state index in [0.717, 1.165) is 0 Å². The van der Waals surface area contributed by atoms with Crippen LogP contribution in [0.5, 0.6) is 0 Å². The van der Waals surface area contributed by atoms with E-state index in [1.165, 1.54) is 0 Å². The molecule has 1 unspecified atom stereocenters. The number of carboxylic acids is 1. The minimum absolute atomic E-state index is 0.0129. The monoisotopic (exact) mass is 295 g/mol. The fourth-order valence-corrected chi connectivity index (χ4v) is 0.793. The number of hydrogen-bond acceptors (Lipinski definition) is 7. The SMILES string of the molecule is NC(CO)(CO)CO.NC(N)=NCCCC(N)C(=O)O. The molecule has 1 atom stereocenters. The van der Waals surface area contributed by atoms with Crippen LogP contribution in [0.3, 0.4) is 0 Å². The first kappa shape index (κ1) is 20.8. The van der Waals surface area contributed by atoms with E-state index in [4.69, 9.17) is 43.4 Å². The quantitative estimate of drug-likeness (QED) is 0.124. The highest BCUT2D eigenvalue weighted by atomic mass is 16.4. The van der Waals surface area contributed by atoms with E-state index < -0.39 is 37.4 Å². The Morgan fingerprint density at radius 3 is 1.85 bits per heavy atom. The molecule has 0 bridgehead atoms. The molecule has 0 radical (unpaired) electrons. The Kier molecular flexibility index (Phi) is 11.9. The highest BCUT2D eigenvalue weighted by Gasteiger charge is 2.20. The van der Waals surface area contributed by atoms with Crippen molar-refractivity contribution in [3.8, 4) is 0 Å². The zero-order valence-electron chi connectivity index (χ0n) is 11.3. The molecule has 10 heteroatoms. The fraction of sp³-hybridized carbons (Fsp3) is 0.800.